The SMILES string of the molecule is CC(C)(CCCCC1=CC(=O)C=C(c2ccccc2C2=CC(=O)C=C(CCCCC(C)(C)C(=O)O)C2=O)C1=O)OC=O. The molecule has 0 aliphatic heterocycles. The summed E-state index contributed by atoms with van der Waals surface area (Å²) in [6, 6.07) is 6.75. The average Bonchev–Trinajstić information content (AvgIpc) is 2.92. The zero-order chi connectivity index (χ0) is 31.1. The lowest BCUT2D eigenvalue weighted by Gasteiger charge is -2.22. The number of hydrogen-bond acceptors (Lipinski definition) is 7. The highest BCUT2D eigenvalue weighted by molar-refractivity contribution is 6.40. The summed E-state index contributed by atoms with van der Waals surface area (Å²) in [7, 11) is 0. The van der Waals surface area contributed by atoms with Gasteiger partial charge >= 0.3 is 5.97 Å². The minimum Gasteiger partial charge on any atom is -0.481 e. The fraction of sp³-hybridized carbons (Fsp3) is 0.412. The van der Waals surface area contributed by atoms with Gasteiger partial charge in [0.25, 0.3) is 6.47 Å². The zero-order valence-corrected chi connectivity index (χ0v) is 24.7. The van der Waals surface area contributed by atoms with Crippen molar-refractivity contribution in [2.45, 2.75) is 84.7 Å². The average molecular weight is 575 g/mol. The number of benzene rings is 1. The summed E-state index contributed by atoms with van der Waals surface area (Å²) in [4.78, 5) is 74.4. The summed E-state index contributed by atoms with van der Waals surface area (Å²) in [6.07, 6.45) is 9.32. The van der Waals surface area contributed by atoms with Crippen molar-refractivity contribution in [3.05, 3.63) is 70.8 Å². The van der Waals surface area contributed by atoms with Gasteiger partial charge in [0.1, 0.15) is 5.60 Å². The standard InChI is InChI=1S/C34H38O8/c1-33(2,32(40)41)15-9-7-11-22-17-24(36)19-28(30(22)38)26-13-5-6-14-27(26)29-20-25(37)18-23(31(29)39)12-8-10-16-34(3,4)42-21-35/h5-6,13-14,17-21H,7-12,15-16H2,1-4H3,(H,40,41). The van der Waals surface area contributed by atoms with Crippen LogP contribution in [0, 0.1) is 5.41 Å². The van der Waals surface area contributed by atoms with Crippen LogP contribution in [0.25, 0.3) is 11.1 Å². The van der Waals surface area contributed by atoms with Crippen LogP contribution in [0.5, 0.6) is 0 Å². The first kappa shape index (κ1) is 32.3. The van der Waals surface area contributed by atoms with Crippen LogP contribution in [0.3, 0.4) is 0 Å². The number of ether oxygens (including phenoxy) is 1. The smallest absolute Gasteiger partial charge is 0.309 e. The zero-order valence-electron chi connectivity index (χ0n) is 24.7. The third-order valence-electron chi connectivity index (χ3n) is 7.71. The minimum atomic E-state index is -0.886. The van der Waals surface area contributed by atoms with Crippen LogP contribution in [-0.2, 0) is 33.5 Å². The van der Waals surface area contributed by atoms with E-state index in [0.717, 1.165) is 0 Å². The van der Waals surface area contributed by atoms with Crippen molar-refractivity contribution >= 4 is 46.7 Å². The minimum absolute atomic E-state index is 0.161. The van der Waals surface area contributed by atoms with Gasteiger partial charge in [-0.25, -0.2) is 0 Å². The van der Waals surface area contributed by atoms with Gasteiger partial charge in [-0.3, -0.25) is 28.8 Å². The number of ketones is 4. The van der Waals surface area contributed by atoms with E-state index >= 15 is 0 Å². The van der Waals surface area contributed by atoms with E-state index in [4.69, 9.17) is 4.74 Å². The first-order valence-electron chi connectivity index (χ1n) is 14.2. The molecule has 222 valence electrons. The van der Waals surface area contributed by atoms with Crippen LogP contribution in [-0.4, -0.2) is 46.3 Å². The summed E-state index contributed by atoms with van der Waals surface area (Å²) in [5.74, 6) is -2.20. The Morgan fingerprint density at radius 3 is 1.62 bits per heavy atom. The van der Waals surface area contributed by atoms with Gasteiger partial charge in [-0.2, -0.15) is 0 Å². The number of aliphatic carboxylic acids is 1. The molecule has 0 fully saturated rings. The quantitative estimate of drug-likeness (QED) is 0.158. The number of carboxylic acid groups (broad SMARTS) is 1. The van der Waals surface area contributed by atoms with Crippen molar-refractivity contribution in [3.63, 3.8) is 0 Å². The van der Waals surface area contributed by atoms with Crippen LogP contribution in [0.2, 0.25) is 0 Å². The van der Waals surface area contributed by atoms with Crippen molar-refractivity contribution < 1.29 is 38.6 Å². The van der Waals surface area contributed by atoms with E-state index in [2.05, 4.69) is 0 Å². The van der Waals surface area contributed by atoms with E-state index in [0.29, 0.717) is 80.1 Å². The molecule has 0 saturated heterocycles. The molecule has 2 aliphatic carbocycles. The number of carbonyl (C=O) groups is 6. The van der Waals surface area contributed by atoms with Crippen LogP contribution in [0.1, 0.15) is 90.2 Å². The van der Waals surface area contributed by atoms with Crippen LogP contribution in [0.4, 0.5) is 0 Å². The van der Waals surface area contributed by atoms with E-state index in [-0.39, 0.29) is 34.3 Å². The number of unbranched alkanes of at least 4 members (excludes halogenated alkanes) is 2. The second kappa shape index (κ2) is 13.6. The molecule has 3 rings (SSSR count). The first-order valence-corrected chi connectivity index (χ1v) is 14.2. The number of Topliss-reactive ketones (excluding diaryl/α,β-unsaturated/α-hetero) is 2. The molecular formula is C34H38O8. The second-order valence-electron chi connectivity index (χ2n) is 12.0. The molecule has 1 aromatic rings. The molecule has 1 N–H and O–H groups in total. The second-order valence-corrected chi connectivity index (χ2v) is 12.0. The van der Waals surface area contributed by atoms with Gasteiger partial charge in [0.15, 0.2) is 23.1 Å². The van der Waals surface area contributed by atoms with Gasteiger partial charge < -0.3 is 9.84 Å². The molecule has 42 heavy (non-hydrogen) atoms. The number of allylic oxidation sites excluding steroid dienone is 8. The third-order valence-corrected chi connectivity index (χ3v) is 7.71. The predicted octanol–water partition coefficient (Wildman–Crippen LogP) is 5.79. The van der Waals surface area contributed by atoms with E-state index in [9.17, 15) is 33.9 Å². The fourth-order valence-electron chi connectivity index (χ4n) is 5.09. The van der Waals surface area contributed by atoms with Crippen molar-refractivity contribution in [2.24, 2.45) is 5.41 Å². The molecule has 8 heteroatoms. The summed E-state index contributed by atoms with van der Waals surface area (Å²) in [6.45, 7) is 7.34. The van der Waals surface area contributed by atoms with E-state index < -0.39 is 17.0 Å². The van der Waals surface area contributed by atoms with Crippen molar-refractivity contribution in [1.29, 1.82) is 0 Å². The Balaban J connectivity index is 1.76. The van der Waals surface area contributed by atoms with Gasteiger partial charge in [-0.15, -0.1) is 0 Å². The Kier molecular flexibility index (Phi) is 10.5. The number of rotatable bonds is 15. The Morgan fingerprint density at radius 2 is 1.19 bits per heavy atom. The maximum Gasteiger partial charge on any atom is 0.309 e. The van der Waals surface area contributed by atoms with Crippen molar-refractivity contribution in [3.8, 4) is 0 Å². The lowest BCUT2D eigenvalue weighted by atomic mass is 9.81. The Labute approximate surface area is 246 Å². The molecular weight excluding hydrogens is 536 g/mol. The first-order chi connectivity index (χ1) is 19.8. The van der Waals surface area contributed by atoms with E-state index in [1.807, 2.05) is 0 Å². The van der Waals surface area contributed by atoms with Gasteiger partial charge in [0.2, 0.25) is 0 Å². The molecule has 2 aliphatic rings. The van der Waals surface area contributed by atoms with Crippen molar-refractivity contribution in [2.75, 3.05) is 0 Å². The molecule has 0 bridgehead atoms. The highest BCUT2D eigenvalue weighted by atomic mass is 16.5. The Morgan fingerprint density at radius 1 is 0.738 bits per heavy atom. The Bertz CT molecular complexity index is 1410. The monoisotopic (exact) mass is 574 g/mol. The lowest BCUT2D eigenvalue weighted by Crippen LogP contribution is -2.23. The van der Waals surface area contributed by atoms with Crippen LogP contribution in [0.15, 0.2) is 59.7 Å². The molecule has 0 heterocycles. The third kappa shape index (κ3) is 8.18. The van der Waals surface area contributed by atoms with Gasteiger partial charge in [-0.05, 0) is 108 Å². The van der Waals surface area contributed by atoms with Crippen LogP contribution < -0.4 is 0 Å². The predicted molar refractivity (Wildman–Crippen MR) is 158 cm³/mol. The normalized spacial score (nSPS) is 16.0. The van der Waals surface area contributed by atoms with E-state index in [1.165, 1.54) is 24.3 Å². The molecule has 0 spiro atoms. The highest BCUT2D eigenvalue weighted by Gasteiger charge is 2.30. The molecule has 1 aromatic carbocycles. The van der Waals surface area contributed by atoms with E-state index in [1.54, 1.807) is 52.0 Å². The molecule has 0 atom stereocenters. The molecule has 8 nitrogen and oxygen atoms in total. The molecule has 0 amide bonds. The topological polar surface area (TPSA) is 132 Å². The molecule has 0 aromatic heterocycles. The molecule has 0 saturated carbocycles. The highest BCUT2D eigenvalue weighted by Crippen LogP contribution is 2.35. The van der Waals surface area contributed by atoms with Crippen molar-refractivity contribution in [1.82, 2.24) is 0 Å². The van der Waals surface area contributed by atoms with Gasteiger partial charge in [0.05, 0.1) is 5.41 Å². The number of carboxylic acids is 1. The Hall–Kier alpha value is -4.20. The maximum absolute atomic E-state index is 13.5. The molecule has 0 unspecified atom stereocenters. The molecule has 0 radical (unpaired) electrons. The van der Waals surface area contributed by atoms with Crippen LogP contribution >= 0.6 is 0 Å². The summed E-state index contributed by atoms with van der Waals surface area (Å²) in [5.41, 5.74) is 0.339. The largest absolute Gasteiger partial charge is 0.481 e. The fourth-order valence-corrected chi connectivity index (χ4v) is 5.09. The summed E-state index contributed by atoms with van der Waals surface area (Å²) < 4.78 is 5.07. The van der Waals surface area contributed by atoms with Gasteiger partial charge in [0, 0.05) is 22.3 Å². The van der Waals surface area contributed by atoms with Gasteiger partial charge in [-0.1, -0.05) is 30.7 Å². The summed E-state index contributed by atoms with van der Waals surface area (Å²) >= 11 is 0. The number of carbonyl (C=O) groups excluding carboxylic acids is 5. The summed E-state index contributed by atoms with van der Waals surface area (Å²) in [5, 5.41) is 9.33. The number of hydrogen-bond donors (Lipinski definition) is 1. The maximum atomic E-state index is 13.5. The lowest BCUT2D eigenvalue weighted by molar-refractivity contribution is -0.147.